The van der Waals surface area contributed by atoms with Crippen molar-refractivity contribution < 1.29 is 0 Å². The highest BCUT2D eigenvalue weighted by molar-refractivity contribution is 7.18. The maximum atomic E-state index is 4.58. The SMILES string of the molecule is Cc1nc2c(-c3cc4nccnc4nn3)cccc2s1. The van der Waals surface area contributed by atoms with Crippen LogP contribution in [0.3, 0.4) is 0 Å². The van der Waals surface area contributed by atoms with Crippen molar-refractivity contribution in [3.8, 4) is 11.3 Å². The first kappa shape index (κ1) is 11.4. The summed E-state index contributed by atoms with van der Waals surface area (Å²) in [7, 11) is 0. The summed E-state index contributed by atoms with van der Waals surface area (Å²) in [5.41, 5.74) is 4.01. The van der Waals surface area contributed by atoms with Crippen LogP contribution in [0.5, 0.6) is 0 Å². The lowest BCUT2D eigenvalue weighted by Crippen LogP contribution is -1.93. The lowest BCUT2D eigenvalue weighted by atomic mass is 10.1. The van der Waals surface area contributed by atoms with Gasteiger partial charge in [0.15, 0.2) is 5.65 Å². The second kappa shape index (κ2) is 4.28. The first-order valence-corrected chi connectivity index (χ1v) is 6.94. The number of rotatable bonds is 1. The van der Waals surface area contributed by atoms with Gasteiger partial charge in [-0.25, -0.2) is 9.97 Å². The zero-order valence-electron chi connectivity index (χ0n) is 10.6. The van der Waals surface area contributed by atoms with Gasteiger partial charge in [0, 0.05) is 18.0 Å². The molecule has 4 rings (SSSR count). The van der Waals surface area contributed by atoms with Crippen molar-refractivity contribution in [2.24, 2.45) is 0 Å². The van der Waals surface area contributed by atoms with Crippen LogP contribution in [0, 0.1) is 6.92 Å². The molecule has 0 spiro atoms. The van der Waals surface area contributed by atoms with Crippen molar-refractivity contribution in [3.05, 3.63) is 41.7 Å². The Balaban J connectivity index is 2.00. The number of hydrogen-bond acceptors (Lipinski definition) is 6. The van der Waals surface area contributed by atoms with Gasteiger partial charge in [-0.3, -0.25) is 4.98 Å². The smallest absolute Gasteiger partial charge is 0.200 e. The van der Waals surface area contributed by atoms with Gasteiger partial charge >= 0.3 is 0 Å². The number of benzene rings is 1. The molecule has 0 atom stereocenters. The second-order valence-corrected chi connectivity index (χ2v) is 5.61. The minimum absolute atomic E-state index is 0.554. The topological polar surface area (TPSA) is 64.5 Å². The molecule has 0 unspecified atom stereocenters. The molecule has 6 heteroatoms. The van der Waals surface area contributed by atoms with Crippen LogP contribution in [-0.2, 0) is 0 Å². The van der Waals surface area contributed by atoms with Crippen LogP contribution >= 0.6 is 11.3 Å². The summed E-state index contributed by atoms with van der Waals surface area (Å²) in [6.07, 6.45) is 3.27. The summed E-state index contributed by atoms with van der Waals surface area (Å²) < 4.78 is 1.15. The molecule has 0 bridgehead atoms. The zero-order chi connectivity index (χ0) is 13.5. The number of aryl methyl sites for hydroxylation is 1. The van der Waals surface area contributed by atoms with Gasteiger partial charge in [-0.05, 0) is 19.1 Å². The Morgan fingerprint density at radius 1 is 1.05 bits per heavy atom. The fourth-order valence-corrected chi connectivity index (χ4v) is 3.03. The van der Waals surface area contributed by atoms with Gasteiger partial charge in [0.1, 0.15) is 5.52 Å². The Hall–Kier alpha value is -2.47. The van der Waals surface area contributed by atoms with E-state index in [0.717, 1.165) is 32.0 Å². The molecular weight excluding hydrogens is 270 g/mol. The predicted molar refractivity (Wildman–Crippen MR) is 78.5 cm³/mol. The average Bonchev–Trinajstić information content (AvgIpc) is 2.86. The molecular formula is C14H9N5S. The first-order valence-electron chi connectivity index (χ1n) is 6.12. The summed E-state index contributed by atoms with van der Waals surface area (Å²) >= 11 is 1.68. The lowest BCUT2D eigenvalue weighted by Gasteiger charge is -2.02. The van der Waals surface area contributed by atoms with Crippen molar-refractivity contribution in [2.45, 2.75) is 6.92 Å². The minimum atomic E-state index is 0.554. The molecule has 0 aliphatic carbocycles. The molecule has 0 amide bonds. The van der Waals surface area contributed by atoms with Crippen LogP contribution in [0.4, 0.5) is 0 Å². The summed E-state index contributed by atoms with van der Waals surface area (Å²) in [6.45, 7) is 2.01. The Morgan fingerprint density at radius 3 is 2.90 bits per heavy atom. The third-order valence-corrected chi connectivity index (χ3v) is 3.97. The Bertz CT molecular complexity index is 931. The second-order valence-electron chi connectivity index (χ2n) is 4.38. The van der Waals surface area contributed by atoms with Crippen molar-refractivity contribution >= 4 is 32.7 Å². The molecule has 0 saturated heterocycles. The molecule has 0 saturated carbocycles. The number of hydrogen-bond donors (Lipinski definition) is 0. The van der Waals surface area contributed by atoms with Crippen LogP contribution in [-0.4, -0.2) is 25.1 Å². The van der Waals surface area contributed by atoms with Gasteiger partial charge in [0.05, 0.1) is 20.9 Å². The highest BCUT2D eigenvalue weighted by Gasteiger charge is 2.10. The van der Waals surface area contributed by atoms with Gasteiger partial charge in [-0.15, -0.1) is 21.5 Å². The number of nitrogens with zero attached hydrogens (tertiary/aromatic N) is 5. The van der Waals surface area contributed by atoms with E-state index in [4.69, 9.17) is 0 Å². The monoisotopic (exact) mass is 279 g/mol. The van der Waals surface area contributed by atoms with Gasteiger partial charge in [-0.1, -0.05) is 12.1 Å². The molecule has 5 nitrogen and oxygen atoms in total. The minimum Gasteiger partial charge on any atom is -0.251 e. The molecule has 3 heterocycles. The highest BCUT2D eigenvalue weighted by atomic mass is 32.1. The lowest BCUT2D eigenvalue weighted by molar-refractivity contribution is 1.05. The Morgan fingerprint density at radius 2 is 1.95 bits per heavy atom. The normalized spacial score (nSPS) is 11.2. The third-order valence-electron chi connectivity index (χ3n) is 3.03. The van der Waals surface area contributed by atoms with E-state index in [1.165, 1.54) is 0 Å². The quantitative estimate of drug-likeness (QED) is 0.536. The van der Waals surface area contributed by atoms with Gasteiger partial charge < -0.3 is 0 Å². The number of thiazole rings is 1. The van der Waals surface area contributed by atoms with E-state index in [-0.39, 0.29) is 0 Å². The molecule has 1 aromatic carbocycles. The van der Waals surface area contributed by atoms with Gasteiger partial charge in [0.25, 0.3) is 0 Å². The van der Waals surface area contributed by atoms with E-state index < -0.39 is 0 Å². The van der Waals surface area contributed by atoms with Crippen molar-refractivity contribution in [2.75, 3.05) is 0 Å². The molecule has 96 valence electrons. The van der Waals surface area contributed by atoms with E-state index >= 15 is 0 Å². The van der Waals surface area contributed by atoms with Crippen molar-refractivity contribution in [1.82, 2.24) is 25.1 Å². The summed E-state index contributed by atoms with van der Waals surface area (Å²) in [5.74, 6) is 0. The summed E-state index contributed by atoms with van der Waals surface area (Å²) in [4.78, 5) is 13.0. The van der Waals surface area contributed by atoms with E-state index in [1.807, 2.05) is 25.1 Å². The van der Waals surface area contributed by atoms with E-state index in [9.17, 15) is 0 Å². The van der Waals surface area contributed by atoms with E-state index in [2.05, 4.69) is 31.2 Å². The molecule has 0 aliphatic heterocycles. The van der Waals surface area contributed by atoms with Gasteiger partial charge in [0.2, 0.25) is 0 Å². The van der Waals surface area contributed by atoms with Crippen LogP contribution in [0.15, 0.2) is 36.7 Å². The number of fused-ring (bicyclic) bond motifs is 2. The maximum Gasteiger partial charge on any atom is 0.200 e. The van der Waals surface area contributed by atoms with E-state index in [0.29, 0.717) is 5.65 Å². The standard InChI is InChI=1S/C14H9N5S/c1-8-17-13-9(3-2-4-12(13)20-8)10-7-11-14(19-18-10)16-6-5-15-11/h2-7H,1H3. The molecule has 0 N–H and O–H groups in total. The Kier molecular flexibility index (Phi) is 2.43. The zero-order valence-corrected chi connectivity index (χ0v) is 11.4. The van der Waals surface area contributed by atoms with Crippen LogP contribution in [0.2, 0.25) is 0 Å². The molecule has 0 fully saturated rings. The van der Waals surface area contributed by atoms with Crippen molar-refractivity contribution in [1.29, 1.82) is 0 Å². The molecule has 4 aromatic rings. The van der Waals surface area contributed by atoms with Crippen LogP contribution in [0.1, 0.15) is 5.01 Å². The first-order chi connectivity index (χ1) is 9.81. The predicted octanol–water partition coefficient (Wildman–Crippen LogP) is 3.00. The average molecular weight is 279 g/mol. The largest absolute Gasteiger partial charge is 0.251 e. The summed E-state index contributed by atoms with van der Waals surface area (Å²) in [5, 5.41) is 9.41. The fourth-order valence-electron chi connectivity index (χ4n) is 2.18. The molecule has 3 aromatic heterocycles. The Labute approximate surface area is 118 Å². The highest BCUT2D eigenvalue weighted by Crippen LogP contribution is 2.30. The molecule has 20 heavy (non-hydrogen) atoms. The van der Waals surface area contributed by atoms with Crippen LogP contribution < -0.4 is 0 Å². The van der Waals surface area contributed by atoms with Crippen molar-refractivity contribution in [3.63, 3.8) is 0 Å². The molecule has 0 radical (unpaired) electrons. The molecule has 0 aliphatic rings. The summed E-state index contributed by atoms with van der Waals surface area (Å²) in [6, 6.07) is 7.99. The van der Waals surface area contributed by atoms with Gasteiger partial charge in [-0.2, -0.15) is 0 Å². The van der Waals surface area contributed by atoms with Crippen LogP contribution in [0.25, 0.3) is 32.6 Å². The maximum absolute atomic E-state index is 4.58. The number of para-hydroxylation sites is 1. The third kappa shape index (κ3) is 1.73. The number of aromatic nitrogens is 5. The fraction of sp³-hybridized carbons (Fsp3) is 0.0714. The van der Waals surface area contributed by atoms with E-state index in [1.54, 1.807) is 23.7 Å².